The van der Waals surface area contributed by atoms with Crippen LogP contribution < -0.4 is 5.32 Å². The van der Waals surface area contributed by atoms with Crippen molar-refractivity contribution in [2.45, 2.75) is 95.5 Å². The SMILES string of the molecule is COCCNc1cc(C2CC2)cc2c1nc(C(=O)N1CCN(C3CCC(O[Si](C)(C)C(C)(C)C)CC3)C(=O)C1)n2C. The van der Waals surface area contributed by atoms with Crippen molar-refractivity contribution >= 4 is 36.9 Å². The topological polar surface area (TPSA) is 88.9 Å². The summed E-state index contributed by atoms with van der Waals surface area (Å²) in [5.41, 5.74) is 3.95. The third-order valence-corrected chi connectivity index (χ3v) is 14.3. The molecule has 2 heterocycles. The molecule has 2 aromatic rings. The molecule has 2 saturated carbocycles. The second-order valence-corrected chi connectivity index (χ2v) is 18.5. The highest BCUT2D eigenvalue weighted by Gasteiger charge is 2.41. The standard InChI is InChI=1S/C31H49N5O4Si/c1-31(2,3)41(6,7)40-24-12-10-23(11-13-24)36-16-15-35(20-27(36)37)30(38)29-33-28-25(32-14-17-39-5)18-22(21-8-9-21)19-26(28)34(29)4/h18-19,21,23-24,32H,8-17,20H2,1-7H3. The number of nitrogens with one attached hydrogen (secondary N) is 1. The molecule has 1 saturated heterocycles. The summed E-state index contributed by atoms with van der Waals surface area (Å²) < 4.78 is 13.8. The number of amides is 2. The molecule has 226 valence electrons. The van der Waals surface area contributed by atoms with Crippen molar-refractivity contribution < 1.29 is 18.8 Å². The number of rotatable bonds is 9. The van der Waals surface area contributed by atoms with Gasteiger partial charge in [-0.05, 0) is 80.3 Å². The number of hydrogen-bond acceptors (Lipinski definition) is 6. The van der Waals surface area contributed by atoms with E-state index in [4.69, 9.17) is 14.1 Å². The maximum absolute atomic E-state index is 13.7. The number of aryl methyl sites for hydroxylation is 1. The van der Waals surface area contributed by atoms with Gasteiger partial charge in [0.2, 0.25) is 5.91 Å². The van der Waals surface area contributed by atoms with Crippen molar-refractivity contribution in [1.29, 1.82) is 0 Å². The van der Waals surface area contributed by atoms with E-state index < -0.39 is 8.32 Å². The molecule has 41 heavy (non-hydrogen) atoms. The van der Waals surface area contributed by atoms with E-state index in [0.29, 0.717) is 38.0 Å². The highest BCUT2D eigenvalue weighted by molar-refractivity contribution is 6.74. The quantitative estimate of drug-likeness (QED) is 0.325. The van der Waals surface area contributed by atoms with Gasteiger partial charge in [0.15, 0.2) is 14.1 Å². The molecule has 0 radical (unpaired) electrons. The van der Waals surface area contributed by atoms with Gasteiger partial charge in [0.25, 0.3) is 5.91 Å². The average Bonchev–Trinajstić information content (AvgIpc) is 3.72. The van der Waals surface area contributed by atoms with E-state index in [1.807, 2.05) is 16.5 Å². The van der Waals surface area contributed by atoms with Crippen LogP contribution in [-0.2, 0) is 21.0 Å². The summed E-state index contributed by atoms with van der Waals surface area (Å²) in [7, 11) is 1.79. The van der Waals surface area contributed by atoms with Crippen molar-refractivity contribution in [2.75, 3.05) is 45.2 Å². The first-order chi connectivity index (χ1) is 19.4. The maximum Gasteiger partial charge on any atom is 0.290 e. The van der Waals surface area contributed by atoms with Crippen molar-refractivity contribution in [3.05, 3.63) is 23.5 Å². The molecular formula is C31H49N5O4Si. The van der Waals surface area contributed by atoms with Crippen LogP contribution in [0.15, 0.2) is 12.1 Å². The maximum atomic E-state index is 13.7. The first kappa shape index (κ1) is 30.0. The molecule has 2 amide bonds. The van der Waals surface area contributed by atoms with Gasteiger partial charge in [0.05, 0.1) is 17.8 Å². The Kier molecular flexibility index (Phi) is 8.56. The lowest BCUT2D eigenvalue weighted by molar-refractivity contribution is -0.138. The molecule has 10 heteroatoms. The average molecular weight is 584 g/mol. The lowest BCUT2D eigenvalue weighted by atomic mass is 9.91. The van der Waals surface area contributed by atoms with Crippen LogP contribution in [-0.4, -0.2) is 91.5 Å². The Morgan fingerprint density at radius 2 is 1.80 bits per heavy atom. The minimum Gasteiger partial charge on any atom is -0.414 e. The zero-order chi connectivity index (χ0) is 29.5. The number of piperazine rings is 1. The Morgan fingerprint density at radius 3 is 2.41 bits per heavy atom. The van der Waals surface area contributed by atoms with E-state index in [1.54, 1.807) is 12.0 Å². The summed E-state index contributed by atoms with van der Waals surface area (Å²) in [4.78, 5) is 35.5. The molecule has 2 aliphatic carbocycles. The highest BCUT2D eigenvalue weighted by Crippen LogP contribution is 2.43. The summed E-state index contributed by atoms with van der Waals surface area (Å²) in [6, 6.07) is 4.58. The summed E-state index contributed by atoms with van der Waals surface area (Å²) in [5, 5.41) is 3.65. The Hall–Kier alpha value is -2.43. The number of nitrogens with zero attached hydrogens (tertiary/aromatic N) is 4. The van der Waals surface area contributed by atoms with Crippen LogP contribution in [0.4, 0.5) is 5.69 Å². The summed E-state index contributed by atoms with van der Waals surface area (Å²) in [6.07, 6.45) is 6.60. The lowest BCUT2D eigenvalue weighted by Gasteiger charge is -2.44. The number of fused-ring (bicyclic) bond motifs is 1. The van der Waals surface area contributed by atoms with Crippen molar-refractivity contribution in [3.63, 3.8) is 0 Å². The third-order valence-electron chi connectivity index (χ3n) is 9.77. The van der Waals surface area contributed by atoms with Crippen LogP contribution in [0, 0.1) is 0 Å². The first-order valence-electron chi connectivity index (χ1n) is 15.4. The van der Waals surface area contributed by atoms with Crippen LogP contribution >= 0.6 is 0 Å². The van der Waals surface area contributed by atoms with Crippen LogP contribution in [0.25, 0.3) is 11.0 Å². The third kappa shape index (κ3) is 6.34. The van der Waals surface area contributed by atoms with Gasteiger partial charge < -0.3 is 28.8 Å². The molecule has 1 N–H and O–H groups in total. The largest absolute Gasteiger partial charge is 0.414 e. The minimum absolute atomic E-state index is 0.0371. The first-order valence-corrected chi connectivity index (χ1v) is 18.3. The van der Waals surface area contributed by atoms with E-state index in [2.05, 4.69) is 51.3 Å². The number of hydrogen-bond donors (Lipinski definition) is 1. The van der Waals surface area contributed by atoms with Gasteiger partial charge in [0.1, 0.15) is 12.1 Å². The van der Waals surface area contributed by atoms with Gasteiger partial charge in [-0.1, -0.05) is 20.8 Å². The van der Waals surface area contributed by atoms with E-state index in [0.717, 1.165) is 42.4 Å². The molecule has 1 aromatic heterocycles. The fourth-order valence-electron chi connectivity index (χ4n) is 6.03. The monoisotopic (exact) mass is 583 g/mol. The number of benzene rings is 1. The second kappa shape index (κ2) is 11.7. The number of ether oxygens (including phenoxy) is 1. The van der Waals surface area contributed by atoms with Crippen LogP contribution in [0.2, 0.25) is 18.1 Å². The number of anilines is 1. The van der Waals surface area contributed by atoms with Gasteiger partial charge in [-0.2, -0.15) is 0 Å². The number of carbonyl (C=O) groups is 2. The zero-order valence-electron chi connectivity index (χ0n) is 26.1. The Morgan fingerprint density at radius 1 is 1.10 bits per heavy atom. The molecule has 3 aliphatic rings. The number of carbonyl (C=O) groups excluding carboxylic acids is 2. The Bertz CT molecular complexity index is 1270. The van der Waals surface area contributed by atoms with Gasteiger partial charge >= 0.3 is 0 Å². The molecule has 0 bridgehead atoms. The van der Waals surface area contributed by atoms with Gasteiger partial charge in [-0.3, -0.25) is 9.59 Å². The number of aromatic nitrogens is 2. The molecule has 0 atom stereocenters. The normalized spacial score (nSPS) is 22.5. The highest BCUT2D eigenvalue weighted by atomic mass is 28.4. The molecule has 5 rings (SSSR count). The van der Waals surface area contributed by atoms with E-state index in [9.17, 15) is 9.59 Å². The van der Waals surface area contributed by atoms with E-state index >= 15 is 0 Å². The Balaban J connectivity index is 1.23. The van der Waals surface area contributed by atoms with Crippen molar-refractivity contribution in [2.24, 2.45) is 7.05 Å². The molecule has 0 spiro atoms. The molecule has 0 unspecified atom stereocenters. The predicted octanol–water partition coefficient (Wildman–Crippen LogP) is 5.13. The van der Waals surface area contributed by atoms with Crippen LogP contribution in [0.5, 0.6) is 0 Å². The Labute approximate surface area is 246 Å². The predicted molar refractivity (Wildman–Crippen MR) is 165 cm³/mol. The summed E-state index contributed by atoms with van der Waals surface area (Å²) >= 11 is 0. The van der Waals surface area contributed by atoms with Crippen LogP contribution in [0.3, 0.4) is 0 Å². The second-order valence-electron chi connectivity index (χ2n) is 13.7. The minimum atomic E-state index is -1.80. The van der Waals surface area contributed by atoms with Crippen molar-refractivity contribution in [1.82, 2.24) is 19.4 Å². The molecule has 1 aliphatic heterocycles. The van der Waals surface area contributed by atoms with Crippen LogP contribution in [0.1, 0.15) is 81.4 Å². The van der Waals surface area contributed by atoms with Gasteiger partial charge in [-0.25, -0.2) is 4.98 Å². The number of imidazole rings is 1. The fraction of sp³-hybridized carbons (Fsp3) is 0.710. The van der Waals surface area contributed by atoms with Gasteiger partial charge in [0, 0.05) is 45.9 Å². The summed E-state index contributed by atoms with van der Waals surface area (Å²) in [5.74, 6) is 0.817. The number of methoxy groups -OCH3 is 1. The fourth-order valence-corrected chi connectivity index (χ4v) is 7.45. The lowest BCUT2D eigenvalue weighted by Crippen LogP contribution is -2.56. The van der Waals surface area contributed by atoms with Crippen molar-refractivity contribution in [3.8, 4) is 0 Å². The van der Waals surface area contributed by atoms with E-state index in [1.165, 1.54) is 18.4 Å². The van der Waals surface area contributed by atoms with Gasteiger partial charge in [-0.15, -0.1) is 0 Å². The molecular weight excluding hydrogens is 534 g/mol. The molecule has 1 aromatic carbocycles. The smallest absolute Gasteiger partial charge is 0.290 e. The summed E-state index contributed by atoms with van der Waals surface area (Å²) in [6.45, 7) is 13.9. The molecule has 3 fully saturated rings. The van der Waals surface area contributed by atoms with E-state index in [-0.39, 0.29) is 35.5 Å². The molecule has 9 nitrogen and oxygen atoms in total. The zero-order valence-corrected chi connectivity index (χ0v) is 27.1.